The molecule has 0 N–H and O–H groups in total. The third-order valence-corrected chi connectivity index (χ3v) is 3.38. The van der Waals surface area contributed by atoms with E-state index in [2.05, 4.69) is 27.8 Å². The van der Waals surface area contributed by atoms with Crippen LogP contribution in [0.3, 0.4) is 0 Å². The molecule has 0 aliphatic carbocycles. The minimum absolute atomic E-state index is 0.832. The number of rotatable bonds is 3. The number of nitrogens with zero attached hydrogens (tertiary/aromatic N) is 1. The van der Waals surface area contributed by atoms with Gasteiger partial charge in [-0.3, -0.25) is 4.90 Å². The fraction of sp³-hybridized carbons (Fsp3) is 0.636. The molecule has 1 fully saturated rings. The van der Waals surface area contributed by atoms with Crippen molar-refractivity contribution < 1.29 is 4.42 Å². The Morgan fingerprint density at radius 1 is 1.57 bits per heavy atom. The summed E-state index contributed by atoms with van der Waals surface area (Å²) in [7, 11) is 0. The molecule has 1 unspecified atom stereocenters. The van der Waals surface area contributed by atoms with Gasteiger partial charge in [0.25, 0.3) is 0 Å². The van der Waals surface area contributed by atoms with Crippen LogP contribution in [-0.2, 0) is 6.54 Å². The van der Waals surface area contributed by atoms with Crippen molar-refractivity contribution in [1.29, 1.82) is 0 Å². The van der Waals surface area contributed by atoms with Crippen molar-refractivity contribution in [2.24, 2.45) is 5.92 Å². The van der Waals surface area contributed by atoms with Gasteiger partial charge in [0.1, 0.15) is 5.76 Å². The molecule has 0 radical (unpaired) electrons. The molecule has 0 amide bonds. The van der Waals surface area contributed by atoms with E-state index in [9.17, 15) is 0 Å². The van der Waals surface area contributed by atoms with Crippen LogP contribution in [0.4, 0.5) is 0 Å². The van der Waals surface area contributed by atoms with E-state index in [1.807, 2.05) is 12.1 Å². The minimum Gasteiger partial charge on any atom is -0.453 e. The molecule has 0 bridgehead atoms. The predicted octanol–water partition coefficient (Wildman–Crippen LogP) is 3.27. The highest BCUT2D eigenvalue weighted by molar-refractivity contribution is 9.10. The van der Waals surface area contributed by atoms with Gasteiger partial charge in [0.15, 0.2) is 4.67 Å². The van der Waals surface area contributed by atoms with E-state index >= 15 is 0 Å². The van der Waals surface area contributed by atoms with Crippen LogP contribution in [0.5, 0.6) is 0 Å². The summed E-state index contributed by atoms with van der Waals surface area (Å²) in [6.45, 7) is 5.69. The van der Waals surface area contributed by atoms with Gasteiger partial charge >= 0.3 is 0 Å². The van der Waals surface area contributed by atoms with Gasteiger partial charge in [-0.25, -0.2) is 0 Å². The van der Waals surface area contributed by atoms with Gasteiger partial charge in [-0.05, 0) is 46.9 Å². The Kier molecular flexibility index (Phi) is 3.29. The van der Waals surface area contributed by atoms with Gasteiger partial charge < -0.3 is 4.42 Å². The van der Waals surface area contributed by atoms with Crippen molar-refractivity contribution in [3.05, 3.63) is 22.6 Å². The molecular weight excluding hydrogens is 242 g/mol. The Labute approximate surface area is 93.4 Å². The van der Waals surface area contributed by atoms with E-state index in [1.165, 1.54) is 25.9 Å². The smallest absolute Gasteiger partial charge is 0.169 e. The quantitative estimate of drug-likeness (QED) is 0.827. The highest BCUT2D eigenvalue weighted by Crippen LogP contribution is 2.22. The van der Waals surface area contributed by atoms with Crippen LogP contribution in [0.1, 0.15) is 25.5 Å². The summed E-state index contributed by atoms with van der Waals surface area (Å²) in [5.41, 5.74) is 0. The summed E-state index contributed by atoms with van der Waals surface area (Å²) in [5, 5.41) is 0. The van der Waals surface area contributed by atoms with Crippen LogP contribution in [-0.4, -0.2) is 18.0 Å². The van der Waals surface area contributed by atoms with E-state index in [4.69, 9.17) is 4.42 Å². The zero-order chi connectivity index (χ0) is 9.97. The first-order valence-corrected chi connectivity index (χ1v) is 6.04. The van der Waals surface area contributed by atoms with Crippen molar-refractivity contribution in [2.45, 2.75) is 26.3 Å². The summed E-state index contributed by atoms with van der Waals surface area (Å²) in [4.78, 5) is 2.47. The highest BCUT2D eigenvalue weighted by Gasteiger charge is 2.21. The van der Waals surface area contributed by atoms with Gasteiger partial charge in [0.05, 0.1) is 6.54 Å². The fourth-order valence-electron chi connectivity index (χ4n) is 2.05. The highest BCUT2D eigenvalue weighted by atomic mass is 79.9. The molecule has 0 aromatic carbocycles. The molecule has 0 spiro atoms. The third-order valence-electron chi connectivity index (χ3n) is 2.96. The monoisotopic (exact) mass is 257 g/mol. The predicted molar refractivity (Wildman–Crippen MR) is 60.1 cm³/mol. The summed E-state index contributed by atoms with van der Waals surface area (Å²) in [6.07, 6.45) is 2.65. The van der Waals surface area contributed by atoms with E-state index in [-0.39, 0.29) is 0 Å². The Balaban J connectivity index is 1.87. The molecule has 78 valence electrons. The van der Waals surface area contributed by atoms with Gasteiger partial charge in [0.2, 0.25) is 0 Å². The van der Waals surface area contributed by atoms with Crippen molar-refractivity contribution in [2.75, 3.05) is 13.1 Å². The number of furan rings is 1. The lowest BCUT2D eigenvalue weighted by molar-refractivity contribution is 0.283. The molecule has 1 atom stereocenters. The number of hydrogen-bond donors (Lipinski definition) is 0. The summed E-state index contributed by atoms with van der Waals surface area (Å²) >= 11 is 3.32. The maximum Gasteiger partial charge on any atom is 0.169 e. The molecule has 2 heterocycles. The van der Waals surface area contributed by atoms with Crippen LogP contribution in [0.2, 0.25) is 0 Å². The molecule has 1 aliphatic rings. The zero-order valence-electron chi connectivity index (χ0n) is 8.50. The van der Waals surface area contributed by atoms with Gasteiger partial charge in [-0.1, -0.05) is 13.3 Å². The number of likely N-dealkylation sites (tertiary alicyclic amines) is 1. The number of halogens is 1. The fourth-order valence-corrected chi connectivity index (χ4v) is 2.39. The van der Waals surface area contributed by atoms with E-state index < -0.39 is 0 Å². The van der Waals surface area contributed by atoms with E-state index in [1.54, 1.807) is 0 Å². The molecule has 3 heteroatoms. The lowest BCUT2D eigenvalue weighted by atomic mass is 10.1. The normalized spacial score (nSPS) is 23.1. The summed E-state index contributed by atoms with van der Waals surface area (Å²) < 4.78 is 6.32. The van der Waals surface area contributed by atoms with Crippen LogP contribution in [0.15, 0.2) is 21.2 Å². The van der Waals surface area contributed by atoms with Crippen molar-refractivity contribution >= 4 is 15.9 Å². The van der Waals surface area contributed by atoms with Gasteiger partial charge in [-0.15, -0.1) is 0 Å². The molecule has 2 nitrogen and oxygen atoms in total. The van der Waals surface area contributed by atoms with Crippen LogP contribution in [0.25, 0.3) is 0 Å². The molecule has 14 heavy (non-hydrogen) atoms. The molecule has 0 saturated carbocycles. The maximum absolute atomic E-state index is 5.49. The van der Waals surface area contributed by atoms with Gasteiger partial charge in [0, 0.05) is 6.54 Å². The Morgan fingerprint density at radius 2 is 2.43 bits per heavy atom. The molecule has 1 aromatic heterocycles. The Bertz CT molecular complexity index is 297. The van der Waals surface area contributed by atoms with Gasteiger partial charge in [-0.2, -0.15) is 0 Å². The maximum atomic E-state index is 5.49. The molecule has 2 rings (SSSR count). The van der Waals surface area contributed by atoms with Crippen molar-refractivity contribution in [3.8, 4) is 0 Å². The molecular formula is C11H16BrNO. The first-order chi connectivity index (χ1) is 6.78. The van der Waals surface area contributed by atoms with E-state index in [0.29, 0.717) is 0 Å². The largest absolute Gasteiger partial charge is 0.453 e. The topological polar surface area (TPSA) is 16.4 Å². The SMILES string of the molecule is CCC1CCN(Cc2ccc(Br)o2)C1. The third kappa shape index (κ3) is 2.39. The minimum atomic E-state index is 0.832. The Hall–Kier alpha value is -0.280. The summed E-state index contributed by atoms with van der Waals surface area (Å²) in [5.74, 6) is 1.96. The average molecular weight is 258 g/mol. The molecule has 1 aromatic rings. The second-order valence-electron chi connectivity index (χ2n) is 4.00. The summed E-state index contributed by atoms with van der Waals surface area (Å²) in [6, 6.07) is 4.01. The second-order valence-corrected chi connectivity index (χ2v) is 4.79. The standard InChI is InChI=1S/C11H16BrNO/c1-2-9-5-6-13(7-9)8-10-3-4-11(12)14-10/h3-4,9H,2,5-8H2,1H3. The second kappa shape index (κ2) is 4.49. The van der Waals surface area contributed by atoms with E-state index in [0.717, 1.165) is 22.9 Å². The first kappa shape index (κ1) is 10.2. The molecule has 1 saturated heterocycles. The average Bonchev–Trinajstić information content (AvgIpc) is 2.76. The number of hydrogen-bond acceptors (Lipinski definition) is 2. The first-order valence-electron chi connectivity index (χ1n) is 5.24. The van der Waals surface area contributed by atoms with Crippen LogP contribution >= 0.6 is 15.9 Å². The van der Waals surface area contributed by atoms with Crippen LogP contribution in [0, 0.1) is 5.92 Å². The lowest BCUT2D eigenvalue weighted by Crippen LogP contribution is -2.19. The van der Waals surface area contributed by atoms with Crippen molar-refractivity contribution in [3.63, 3.8) is 0 Å². The molecule has 1 aliphatic heterocycles. The van der Waals surface area contributed by atoms with Crippen molar-refractivity contribution in [1.82, 2.24) is 4.90 Å². The lowest BCUT2D eigenvalue weighted by Gasteiger charge is -2.13. The van der Waals surface area contributed by atoms with Crippen LogP contribution < -0.4 is 0 Å². The zero-order valence-corrected chi connectivity index (χ0v) is 10.1. The Morgan fingerprint density at radius 3 is 3.00 bits per heavy atom.